The van der Waals surface area contributed by atoms with Crippen LogP contribution in [-0.4, -0.2) is 24.3 Å². The van der Waals surface area contributed by atoms with E-state index < -0.39 is 8.32 Å². The fourth-order valence-electron chi connectivity index (χ4n) is 3.63. The van der Waals surface area contributed by atoms with Gasteiger partial charge in [0.1, 0.15) is 0 Å². The molecular formula is C22H29BrO2Si. The molecule has 0 spiro atoms. The first-order valence-corrected chi connectivity index (χ1v) is 11.9. The molecule has 0 heterocycles. The smallest absolute Gasteiger partial charge is 0.258 e. The first kappa shape index (κ1) is 21.1. The van der Waals surface area contributed by atoms with Gasteiger partial charge in [-0.05, 0) is 32.7 Å². The maximum absolute atomic E-state index is 12.0. The molecule has 2 aromatic rings. The average Bonchev–Trinajstić information content (AvgIpc) is 2.61. The van der Waals surface area contributed by atoms with Gasteiger partial charge in [-0.25, -0.2) is 0 Å². The standard InChI is InChI=1S/C22H29BrO2Si/c1-18(23)17-19(24)11-10-16-22(2,3)26(25,20-12-6-4-7-13-20)21-14-8-5-9-15-21/h4-9,12-15,19,24-25H,1,10-11,16-17H2,2-3H3/t19-/m0/s1. The van der Waals surface area contributed by atoms with Crippen molar-refractivity contribution in [3.05, 3.63) is 71.7 Å². The van der Waals surface area contributed by atoms with E-state index in [0.29, 0.717) is 12.8 Å². The molecule has 0 bridgehead atoms. The molecule has 1 atom stereocenters. The van der Waals surface area contributed by atoms with Crippen molar-refractivity contribution in [2.45, 2.75) is 50.7 Å². The first-order chi connectivity index (χ1) is 12.3. The third-order valence-electron chi connectivity index (χ3n) is 5.16. The summed E-state index contributed by atoms with van der Waals surface area (Å²) in [5.74, 6) is 0. The molecule has 140 valence electrons. The van der Waals surface area contributed by atoms with Gasteiger partial charge >= 0.3 is 0 Å². The maximum Gasteiger partial charge on any atom is 0.258 e. The average molecular weight is 433 g/mol. The molecule has 0 aliphatic rings. The lowest BCUT2D eigenvalue weighted by atomic mass is 10.0. The first-order valence-electron chi connectivity index (χ1n) is 9.12. The Morgan fingerprint density at radius 1 is 1.04 bits per heavy atom. The Hall–Kier alpha value is -1.20. The van der Waals surface area contributed by atoms with E-state index in [1.54, 1.807) is 0 Å². The van der Waals surface area contributed by atoms with Crippen LogP contribution in [0, 0.1) is 0 Å². The van der Waals surface area contributed by atoms with Gasteiger partial charge in [-0.2, -0.15) is 0 Å². The second-order valence-electron chi connectivity index (χ2n) is 7.59. The fraction of sp³-hybridized carbons (Fsp3) is 0.364. The largest absolute Gasteiger partial charge is 0.424 e. The van der Waals surface area contributed by atoms with Gasteiger partial charge in [-0.15, -0.1) is 0 Å². The van der Waals surface area contributed by atoms with Crippen LogP contribution in [0.4, 0.5) is 0 Å². The summed E-state index contributed by atoms with van der Waals surface area (Å²) in [7, 11) is -2.94. The Morgan fingerprint density at radius 2 is 1.50 bits per heavy atom. The van der Waals surface area contributed by atoms with Crippen LogP contribution in [0.3, 0.4) is 0 Å². The number of halogens is 1. The van der Waals surface area contributed by atoms with Crippen LogP contribution >= 0.6 is 15.9 Å². The van der Waals surface area contributed by atoms with E-state index in [0.717, 1.165) is 27.7 Å². The second-order valence-corrected chi connectivity index (χ2v) is 12.6. The Balaban J connectivity index is 2.26. The van der Waals surface area contributed by atoms with Crippen molar-refractivity contribution in [2.75, 3.05) is 0 Å². The highest BCUT2D eigenvalue weighted by atomic mass is 79.9. The molecule has 0 unspecified atom stereocenters. The summed E-state index contributed by atoms with van der Waals surface area (Å²) in [4.78, 5) is 12.0. The van der Waals surface area contributed by atoms with Gasteiger partial charge in [-0.3, -0.25) is 0 Å². The number of benzene rings is 2. The molecule has 0 saturated carbocycles. The molecule has 2 N–H and O–H groups in total. The summed E-state index contributed by atoms with van der Waals surface area (Å²) >= 11 is 3.31. The number of aliphatic hydroxyl groups excluding tert-OH is 1. The minimum Gasteiger partial charge on any atom is -0.424 e. The summed E-state index contributed by atoms with van der Waals surface area (Å²) in [6, 6.07) is 20.1. The number of rotatable bonds is 9. The molecule has 2 nitrogen and oxygen atoms in total. The third-order valence-corrected chi connectivity index (χ3v) is 10.0. The Kier molecular flexibility index (Phi) is 7.41. The lowest BCUT2D eigenvalue weighted by Gasteiger charge is -2.41. The minimum absolute atomic E-state index is 0.263. The lowest BCUT2D eigenvalue weighted by molar-refractivity contribution is 0.161. The monoisotopic (exact) mass is 432 g/mol. The van der Waals surface area contributed by atoms with E-state index in [9.17, 15) is 9.90 Å². The Bertz CT molecular complexity index is 661. The van der Waals surface area contributed by atoms with E-state index >= 15 is 0 Å². The fourth-order valence-corrected chi connectivity index (χ4v) is 7.78. The molecule has 0 aliphatic heterocycles. The van der Waals surface area contributed by atoms with Crippen molar-refractivity contribution in [2.24, 2.45) is 0 Å². The summed E-state index contributed by atoms with van der Waals surface area (Å²) in [6.45, 7) is 8.12. The number of hydrogen-bond acceptors (Lipinski definition) is 2. The predicted octanol–water partition coefficient (Wildman–Crippen LogP) is 4.35. The lowest BCUT2D eigenvalue weighted by Crippen LogP contribution is -2.65. The maximum atomic E-state index is 12.0. The molecule has 26 heavy (non-hydrogen) atoms. The van der Waals surface area contributed by atoms with Crippen LogP contribution in [0.2, 0.25) is 5.04 Å². The van der Waals surface area contributed by atoms with Crippen LogP contribution in [0.25, 0.3) is 0 Å². The minimum atomic E-state index is -2.94. The highest BCUT2D eigenvalue weighted by molar-refractivity contribution is 9.11. The van der Waals surface area contributed by atoms with E-state index in [-0.39, 0.29) is 11.1 Å². The quantitative estimate of drug-likeness (QED) is 0.578. The number of hydrogen-bond donors (Lipinski definition) is 2. The summed E-state index contributed by atoms with van der Waals surface area (Å²) in [5, 5.41) is 11.9. The zero-order valence-electron chi connectivity index (χ0n) is 15.7. The van der Waals surface area contributed by atoms with Crippen molar-refractivity contribution in [1.29, 1.82) is 0 Å². The normalized spacial score (nSPS) is 13.4. The summed E-state index contributed by atoms with van der Waals surface area (Å²) in [6.07, 6.45) is 2.61. The van der Waals surface area contributed by atoms with Gasteiger partial charge in [0, 0.05) is 6.42 Å². The van der Waals surface area contributed by atoms with Crippen LogP contribution < -0.4 is 10.4 Å². The molecular weight excluding hydrogens is 404 g/mol. The highest BCUT2D eigenvalue weighted by Gasteiger charge is 2.49. The van der Waals surface area contributed by atoms with E-state index in [2.05, 4.69) is 36.4 Å². The second kappa shape index (κ2) is 9.13. The third kappa shape index (κ3) is 4.95. The molecule has 0 aromatic heterocycles. The molecule has 0 saturated heterocycles. The molecule has 0 radical (unpaired) electrons. The molecule has 0 amide bonds. The zero-order chi connectivity index (χ0) is 19.2. The summed E-state index contributed by atoms with van der Waals surface area (Å²) < 4.78 is 0.823. The van der Waals surface area contributed by atoms with Gasteiger partial charge in [-0.1, -0.05) is 103 Å². The SMILES string of the molecule is C=C(Br)C[C@@H](O)CCCC(C)(C)[Si](O)(c1ccccc1)c1ccccc1. The van der Waals surface area contributed by atoms with Gasteiger partial charge in [0.2, 0.25) is 0 Å². The Morgan fingerprint density at radius 3 is 1.92 bits per heavy atom. The summed E-state index contributed by atoms with van der Waals surface area (Å²) in [5.41, 5.74) is 0. The van der Waals surface area contributed by atoms with Crippen molar-refractivity contribution in [3.63, 3.8) is 0 Å². The van der Waals surface area contributed by atoms with Crippen molar-refractivity contribution >= 4 is 34.6 Å². The van der Waals surface area contributed by atoms with Crippen molar-refractivity contribution < 1.29 is 9.90 Å². The van der Waals surface area contributed by atoms with E-state index in [1.165, 1.54) is 0 Å². The molecule has 2 rings (SSSR count). The van der Waals surface area contributed by atoms with Gasteiger partial charge in [0.15, 0.2) is 0 Å². The van der Waals surface area contributed by atoms with Gasteiger partial charge < -0.3 is 9.90 Å². The predicted molar refractivity (Wildman–Crippen MR) is 117 cm³/mol. The van der Waals surface area contributed by atoms with E-state index in [1.807, 2.05) is 60.7 Å². The highest BCUT2D eigenvalue weighted by Crippen LogP contribution is 2.40. The van der Waals surface area contributed by atoms with Gasteiger partial charge in [0.05, 0.1) is 6.10 Å². The van der Waals surface area contributed by atoms with Crippen LogP contribution in [0.15, 0.2) is 71.7 Å². The molecule has 0 fully saturated rings. The zero-order valence-corrected chi connectivity index (χ0v) is 18.2. The van der Waals surface area contributed by atoms with Crippen molar-refractivity contribution in [1.82, 2.24) is 0 Å². The van der Waals surface area contributed by atoms with Gasteiger partial charge in [0.25, 0.3) is 8.32 Å². The van der Waals surface area contributed by atoms with Crippen molar-refractivity contribution in [3.8, 4) is 0 Å². The number of aliphatic hydroxyl groups is 1. The molecule has 0 aliphatic carbocycles. The molecule has 4 heteroatoms. The van der Waals surface area contributed by atoms with Crippen LogP contribution in [0.5, 0.6) is 0 Å². The van der Waals surface area contributed by atoms with Crippen LogP contribution in [-0.2, 0) is 0 Å². The molecule has 2 aromatic carbocycles. The Labute approximate surface area is 166 Å². The van der Waals surface area contributed by atoms with E-state index in [4.69, 9.17) is 0 Å². The topological polar surface area (TPSA) is 40.5 Å². The van der Waals surface area contributed by atoms with Crippen LogP contribution in [0.1, 0.15) is 39.5 Å².